The summed E-state index contributed by atoms with van der Waals surface area (Å²) in [6, 6.07) is 9.05. The van der Waals surface area contributed by atoms with Crippen LogP contribution in [0.1, 0.15) is 11.3 Å². The maximum Gasteiger partial charge on any atom is 0.266 e. The van der Waals surface area contributed by atoms with Crippen LogP contribution in [0.4, 0.5) is 0 Å². The lowest BCUT2D eigenvalue weighted by Gasteiger charge is -2.17. The van der Waals surface area contributed by atoms with E-state index in [0.717, 1.165) is 4.47 Å². The lowest BCUT2D eigenvalue weighted by molar-refractivity contribution is 0.450. The first-order chi connectivity index (χ1) is 10.8. The van der Waals surface area contributed by atoms with Gasteiger partial charge in [0.1, 0.15) is 17.4 Å². The highest BCUT2D eigenvalue weighted by Gasteiger charge is 2.16. The zero-order valence-electron chi connectivity index (χ0n) is 12.8. The van der Waals surface area contributed by atoms with Crippen molar-refractivity contribution in [1.29, 1.82) is 5.26 Å². The Hall–Kier alpha value is -2.17. The van der Waals surface area contributed by atoms with Gasteiger partial charge in [-0.15, -0.1) is 0 Å². The summed E-state index contributed by atoms with van der Waals surface area (Å²) in [5.74, 6) is 0.472. The van der Waals surface area contributed by atoms with Gasteiger partial charge in [-0.2, -0.15) is 5.26 Å². The van der Waals surface area contributed by atoms with Gasteiger partial charge in [0.15, 0.2) is 0 Å². The molecule has 1 heterocycles. The van der Waals surface area contributed by atoms with Gasteiger partial charge in [0.2, 0.25) is 0 Å². The molecule has 1 aromatic heterocycles. The third-order valence-corrected chi connectivity index (χ3v) is 4.02. The molecule has 0 saturated carbocycles. The average molecular weight is 392 g/mol. The molecule has 0 aliphatic rings. The van der Waals surface area contributed by atoms with Gasteiger partial charge < -0.3 is 14.6 Å². The van der Waals surface area contributed by atoms with Crippen molar-refractivity contribution in [2.45, 2.75) is 6.92 Å². The van der Waals surface area contributed by atoms with Gasteiger partial charge in [0, 0.05) is 35.4 Å². The Morgan fingerprint density at radius 2 is 2.04 bits per heavy atom. The van der Waals surface area contributed by atoms with Crippen molar-refractivity contribution in [3.05, 3.63) is 50.3 Å². The molecule has 1 N–H and O–H groups in total. The van der Waals surface area contributed by atoms with Gasteiger partial charge in [0.25, 0.3) is 10.7 Å². The van der Waals surface area contributed by atoms with Crippen LogP contribution in [-0.2, 0) is 0 Å². The van der Waals surface area contributed by atoms with Crippen LogP contribution in [0.25, 0.3) is 11.1 Å². The number of ether oxygens (including phenoxy) is 1. The Kier molecular flexibility index (Phi) is 5.19. The number of aromatic nitrogens is 1. The number of nitriles is 1. The lowest BCUT2D eigenvalue weighted by Crippen LogP contribution is -2.25. The molecule has 0 fully saturated rings. The number of thiocarbonyl (C=S) groups is 1. The summed E-state index contributed by atoms with van der Waals surface area (Å²) in [7, 11) is 3.55. The predicted molar refractivity (Wildman–Crippen MR) is 96.6 cm³/mol. The lowest BCUT2D eigenvalue weighted by atomic mass is 10.0. The number of nitrogens with one attached hydrogen (secondary N) is 1. The molecule has 2 rings (SSSR count). The van der Waals surface area contributed by atoms with E-state index in [1.165, 1.54) is 0 Å². The highest BCUT2D eigenvalue weighted by atomic mass is 79.9. The molecule has 0 saturated heterocycles. The van der Waals surface area contributed by atoms with Crippen molar-refractivity contribution in [1.82, 2.24) is 9.88 Å². The molecule has 0 radical (unpaired) electrons. The van der Waals surface area contributed by atoms with Crippen LogP contribution in [-0.4, -0.2) is 29.2 Å². The van der Waals surface area contributed by atoms with Crippen molar-refractivity contribution in [2.24, 2.45) is 0 Å². The fourth-order valence-corrected chi connectivity index (χ4v) is 2.43. The van der Waals surface area contributed by atoms with E-state index in [9.17, 15) is 10.1 Å². The summed E-state index contributed by atoms with van der Waals surface area (Å²) in [6.07, 6.45) is 0. The van der Waals surface area contributed by atoms with Crippen LogP contribution < -0.4 is 10.3 Å². The summed E-state index contributed by atoms with van der Waals surface area (Å²) >= 11 is 8.57. The fraction of sp³-hybridized carbons (Fsp3) is 0.188. The van der Waals surface area contributed by atoms with Crippen LogP contribution in [0.15, 0.2) is 33.5 Å². The molecule has 7 heteroatoms. The molecule has 0 spiro atoms. The van der Waals surface area contributed by atoms with E-state index < -0.39 is 5.56 Å². The Morgan fingerprint density at radius 1 is 1.35 bits per heavy atom. The molecule has 1 aromatic carbocycles. The summed E-state index contributed by atoms with van der Waals surface area (Å²) < 4.78 is 6.53. The number of H-pyrrole nitrogens is 1. The van der Waals surface area contributed by atoms with E-state index in [1.807, 2.05) is 12.1 Å². The summed E-state index contributed by atoms with van der Waals surface area (Å²) in [4.78, 5) is 16.3. The summed E-state index contributed by atoms with van der Waals surface area (Å²) in [5.41, 5.74) is 1.42. The molecule has 118 valence electrons. The quantitative estimate of drug-likeness (QED) is 0.795. The summed E-state index contributed by atoms with van der Waals surface area (Å²) in [6.45, 7) is 1.76. The second-order valence-electron chi connectivity index (χ2n) is 5.08. The van der Waals surface area contributed by atoms with Crippen LogP contribution >= 0.6 is 28.1 Å². The first-order valence-electron chi connectivity index (χ1n) is 6.66. The van der Waals surface area contributed by atoms with E-state index >= 15 is 0 Å². The van der Waals surface area contributed by atoms with Crippen molar-refractivity contribution < 1.29 is 4.74 Å². The number of aromatic amines is 1. The SMILES string of the molecule is Cc1cc(-c2ccc(Br)cc2OC(=S)N(C)C)c(C#N)c(=O)[nH]1. The zero-order valence-corrected chi connectivity index (χ0v) is 15.2. The zero-order chi connectivity index (χ0) is 17.1. The van der Waals surface area contributed by atoms with Crippen molar-refractivity contribution in [3.8, 4) is 22.9 Å². The number of rotatable bonds is 2. The molecule has 0 unspecified atom stereocenters. The number of aryl methyl sites for hydroxylation is 1. The van der Waals surface area contributed by atoms with Gasteiger partial charge >= 0.3 is 0 Å². The Labute approximate surface area is 147 Å². The highest BCUT2D eigenvalue weighted by molar-refractivity contribution is 9.10. The third kappa shape index (κ3) is 3.78. The number of pyridine rings is 1. The third-order valence-electron chi connectivity index (χ3n) is 3.08. The maximum absolute atomic E-state index is 12.0. The van der Waals surface area contributed by atoms with E-state index in [0.29, 0.717) is 22.6 Å². The average Bonchev–Trinajstić information content (AvgIpc) is 2.46. The Morgan fingerprint density at radius 3 is 2.65 bits per heavy atom. The second kappa shape index (κ2) is 6.94. The highest BCUT2D eigenvalue weighted by Crippen LogP contribution is 2.34. The van der Waals surface area contributed by atoms with Gasteiger partial charge in [-0.3, -0.25) is 4.79 Å². The number of hydrogen-bond donors (Lipinski definition) is 1. The Balaban J connectivity index is 2.68. The van der Waals surface area contributed by atoms with Crippen molar-refractivity contribution >= 4 is 33.3 Å². The fourth-order valence-electron chi connectivity index (χ4n) is 2.00. The molecular formula is C16H14BrN3O2S. The normalized spacial score (nSPS) is 10.0. The minimum Gasteiger partial charge on any atom is -0.431 e. The van der Waals surface area contributed by atoms with Crippen LogP contribution in [0.2, 0.25) is 0 Å². The molecule has 23 heavy (non-hydrogen) atoms. The van der Waals surface area contributed by atoms with Gasteiger partial charge in [0.05, 0.1) is 0 Å². The van der Waals surface area contributed by atoms with Crippen molar-refractivity contribution in [3.63, 3.8) is 0 Å². The number of benzene rings is 1. The largest absolute Gasteiger partial charge is 0.431 e. The Bertz CT molecular complexity index is 869. The smallest absolute Gasteiger partial charge is 0.266 e. The topological polar surface area (TPSA) is 69.1 Å². The van der Waals surface area contributed by atoms with Gasteiger partial charge in [-0.05, 0) is 43.4 Å². The molecular weight excluding hydrogens is 378 g/mol. The van der Waals surface area contributed by atoms with Gasteiger partial charge in [-0.25, -0.2) is 0 Å². The molecule has 0 amide bonds. The van der Waals surface area contributed by atoms with Crippen molar-refractivity contribution in [2.75, 3.05) is 14.1 Å². The van der Waals surface area contributed by atoms with Crippen LogP contribution in [0, 0.1) is 18.3 Å². The van der Waals surface area contributed by atoms with E-state index in [1.54, 1.807) is 44.1 Å². The molecule has 5 nitrogen and oxygen atoms in total. The van der Waals surface area contributed by atoms with E-state index in [-0.39, 0.29) is 10.7 Å². The molecule has 0 aliphatic heterocycles. The van der Waals surface area contributed by atoms with Crippen LogP contribution in [0.3, 0.4) is 0 Å². The monoisotopic (exact) mass is 391 g/mol. The first kappa shape index (κ1) is 17.2. The minimum atomic E-state index is -0.424. The van der Waals surface area contributed by atoms with E-state index in [4.69, 9.17) is 17.0 Å². The number of halogens is 1. The minimum absolute atomic E-state index is 0.0403. The second-order valence-corrected chi connectivity index (χ2v) is 6.35. The van der Waals surface area contributed by atoms with E-state index in [2.05, 4.69) is 20.9 Å². The first-order valence-corrected chi connectivity index (χ1v) is 7.86. The molecule has 2 aromatic rings. The summed E-state index contributed by atoms with van der Waals surface area (Å²) in [5, 5.41) is 9.59. The van der Waals surface area contributed by atoms with Crippen LogP contribution in [0.5, 0.6) is 5.75 Å². The number of nitrogens with zero attached hydrogens (tertiary/aromatic N) is 2. The van der Waals surface area contributed by atoms with Gasteiger partial charge in [-0.1, -0.05) is 15.9 Å². The predicted octanol–water partition coefficient (Wildman–Crippen LogP) is 3.21. The number of hydrogen-bond acceptors (Lipinski definition) is 4. The molecule has 0 bridgehead atoms. The molecule has 0 aliphatic carbocycles. The standard InChI is InChI=1S/C16H14BrN3O2S/c1-9-6-12(13(8-18)15(21)19-9)11-5-4-10(17)7-14(11)22-16(23)20(2)3/h4-7H,1-3H3,(H,19,21). The maximum atomic E-state index is 12.0. The molecule has 0 atom stereocenters.